The molecule has 8 heteroatoms. The van der Waals surface area contributed by atoms with Gasteiger partial charge in [-0.1, -0.05) is 12.1 Å². The molecule has 2 aromatic heterocycles. The van der Waals surface area contributed by atoms with Crippen molar-refractivity contribution in [3.63, 3.8) is 0 Å². The molecule has 2 heterocycles. The number of carbonyl (C=O) groups excluding carboxylic acids is 1. The molecule has 0 radical (unpaired) electrons. The van der Waals surface area contributed by atoms with E-state index in [1.165, 1.54) is 23.0 Å². The highest BCUT2D eigenvalue weighted by Crippen LogP contribution is 2.25. The third-order valence-corrected chi connectivity index (χ3v) is 4.83. The van der Waals surface area contributed by atoms with Crippen molar-refractivity contribution in [2.24, 2.45) is 0 Å². The van der Waals surface area contributed by atoms with E-state index in [4.69, 9.17) is 0 Å². The van der Waals surface area contributed by atoms with Crippen molar-refractivity contribution in [3.8, 4) is 16.8 Å². The van der Waals surface area contributed by atoms with Gasteiger partial charge < -0.3 is 5.32 Å². The number of benzene rings is 2. The van der Waals surface area contributed by atoms with Gasteiger partial charge in [0.2, 0.25) is 0 Å². The molecule has 0 fully saturated rings. The number of rotatable bonds is 5. The van der Waals surface area contributed by atoms with Crippen LogP contribution in [0.3, 0.4) is 0 Å². The fraction of sp³-hybridized carbons (Fsp3) is 0. The van der Waals surface area contributed by atoms with Gasteiger partial charge in [-0.05, 0) is 52.2 Å². The Labute approximate surface area is 164 Å². The second-order valence-electron chi connectivity index (χ2n) is 5.99. The molecule has 4 rings (SSSR count). The van der Waals surface area contributed by atoms with Crippen molar-refractivity contribution < 1.29 is 9.72 Å². The predicted molar refractivity (Wildman–Crippen MR) is 108 cm³/mol. The van der Waals surface area contributed by atoms with Crippen molar-refractivity contribution in [1.82, 2.24) is 9.78 Å². The largest absolute Gasteiger partial charge is 0.322 e. The highest BCUT2D eigenvalue weighted by molar-refractivity contribution is 7.08. The van der Waals surface area contributed by atoms with Gasteiger partial charge in [-0.15, -0.1) is 0 Å². The molecular weight excluding hydrogens is 376 g/mol. The van der Waals surface area contributed by atoms with Gasteiger partial charge in [0, 0.05) is 24.0 Å². The summed E-state index contributed by atoms with van der Waals surface area (Å²) >= 11 is 1.62. The average Bonchev–Trinajstić information content (AvgIpc) is 3.40. The molecule has 7 nitrogen and oxygen atoms in total. The van der Waals surface area contributed by atoms with E-state index in [1.807, 2.05) is 35.7 Å². The van der Waals surface area contributed by atoms with Crippen molar-refractivity contribution in [2.75, 3.05) is 5.32 Å². The minimum Gasteiger partial charge on any atom is -0.322 e. The summed E-state index contributed by atoms with van der Waals surface area (Å²) < 4.78 is 1.50. The number of hydrogen-bond donors (Lipinski definition) is 1. The van der Waals surface area contributed by atoms with Gasteiger partial charge in [0.1, 0.15) is 0 Å². The Bertz CT molecular complexity index is 1130. The van der Waals surface area contributed by atoms with Crippen LogP contribution in [0.2, 0.25) is 0 Å². The second kappa shape index (κ2) is 7.45. The summed E-state index contributed by atoms with van der Waals surface area (Å²) in [5.41, 5.74) is 3.84. The topological polar surface area (TPSA) is 90.1 Å². The molecule has 0 aliphatic heterocycles. The van der Waals surface area contributed by atoms with Crippen LogP contribution < -0.4 is 5.32 Å². The molecule has 0 atom stereocenters. The van der Waals surface area contributed by atoms with Crippen LogP contribution in [0.25, 0.3) is 16.8 Å². The van der Waals surface area contributed by atoms with Crippen LogP contribution in [0.1, 0.15) is 10.4 Å². The monoisotopic (exact) mass is 390 g/mol. The molecule has 1 N–H and O–H groups in total. The molecule has 4 aromatic rings. The maximum atomic E-state index is 12.5. The maximum absolute atomic E-state index is 12.5. The SMILES string of the molecule is O=C(Nc1cccc(-c2ccsc2)c1)c1cnn(-c2ccc([N+](=O)[O-])cc2)c1. The van der Waals surface area contributed by atoms with Crippen molar-refractivity contribution in [1.29, 1.82) is 0 Å². The number of nitrogens with zero attached hydrogens (tertiary/aromatic N) is 3. The van der Waals surface area contributed by atoms with Crippen LogP contribution in [-0.2, 0) is 0 Å². The molecule has 0 bridgehead atoms. The molecular formula is C20H14N4O3S. The van der Waals surface area contributed by atoms with Crippen molar-refractivity contribution in [2.45, 2.75) is 0 Å². The zero-order chi connectivity index (χ0) is 19.5. The number of nitro benzene ring substituents is 1. The Balaban J connectivity index is 1.50. The van der Waals surface area contributed by atoms with E-state index in [2.05, 4.69) is 15.8 Å². The summed E-state index contributed by atoms with van der Waals surface area (Å²) in [6, 6.07) is 15.6. The standard InChI is InChI=1S/C20H14N4O3S/c25-20(22-17-3-1-2-14(10-17)15-8-9-28-13-15)16-11-21-23(12-16)18-4-6-19(7-5-18)24(26)27/h1-13H,(H,22,25). The van der Waals surface area contributed by atoms with Gasteiger partial charge in [-0.2, -0.15) is 16.4 Å². The lowest BCUT2D eigenvalue weighted by atomic mass is 10.1. The van der Waals surface area contributed by atoms with Gasteiger partial charge >= 0.3 is 0 Å². The Morgan fingerprint density at radius 1 is 1.11 bits per heavy atom. The zero-order valence-electron chi connectivity index (χ0n) is 14.5. The van der Waals surface area contributed by atoms with E-state index in [0.29, 0.717) is 16.9 Å². The van der Waals surface area contributed by atoms with Gasteiger partial charge in [-0.3, -0.25) is 14.9 Å². The zero-order valence-corrected chi connectivity index (χ0v) is 15.3. The molecule has 0 spiro atoms. The first-order valence-electron chi connectivity index (χ1n) is 8.34. The molecule has 0 unspecified atom stereocenters. The van der Waals surface area contributed by atoms with E-state index < -0.39 is 4.92 Å². The van der Waals surface area contributed by atoms with Crippen LogP contribution in [0, 0.1) is 10.1 Å². The Morgan fingerprint density at radius 2 is 1.93 bits per heavy atom. The molecule has 0 aliphatic carbocycles. The number of anilines is 1. The average molecular weight is 390 g/mol. The highest BCUT2D eigenvalue weighted by Gasteiger charge is 2.11. The normalized spacial score (nSPS) is 10.6. The first kappa shape index (κ1) is 17.6. The van der Waals surface area contributed by atoms with E-state index in [-0.39, 0.29) is 11.6 Å². The predicted octanol–water partition coefficient (Wildman–Crippen LogP) is 4.76. The fourth-order valence-corrected chi connectivity index (χ4v) is 3.38. The van der Waals surface area contributed by atoms with Gasteiger partial charge in [0.25, 0.3) is 11.6 Å². The molecule has 0 aliphatic rings. The minimum absolute atomic E-state index is 0.000577. The Hall–Kier alpha value is -3.78. The summed E-state index contributed by atoms with van der Waals surface area (Å²) in [5.74, 6) is -0.282. The van der Waals surface area contributed by atoms with Crippen LogP contribution in [0.15, 0.2) is 77.8 Å². The van der Waals surface area contributed by atoms with E-state index in [0.717, 1.165) is 11.1 Å². The first-order chi connectivity index (χ1) is 13.6. The lowest BCUT2D eigenvalue weighted by Crippen LogP contribution is -2.11. The molecule has 0 saturated carbocycles. The number of thiophene rings is 1. The van der Waals surface area contributed by atoms with Crippen molar-refractivity contribution in [3.05, 3.63) is 93.4 Å². The quantitative estimate of drug-likeness (QED) is 0.393. The Kier molecular flexibility index (Phi) is 4.69. The number of nitro groups is 1. The van der Waals surface area contributed by atoms with E-state index in [1.54, 1.807) is 29.7 Å². The van der Waals surface area contributed by atoms with Crippen LogP contribution >= 0.6 is 11.3 Å². The van der Waals surface area contributed by atoms with Crippen LogP contribution in [0.5, 0.6) is 0 Å². The lowest BCUT2D eigenvalue weighted by Gasteiger charge is -2.06. The number of amides is 1. The molecule has 1 amide bonds. The van der Waals surface area contributed by atoms with E-state index in [9.17, 15) is 14.9 Å². The van der Waals surface area contributed by atoms with Crippen LogP contribution in [-0.4, -0.2) is 20.6 Å². The van der Waals surface area contributed by atoms with Crippen molar-refractivity contribution >= 4 is 28.6 Å². The second-order valence-corrected chi connectivity index (χ2v) is 6.77. The fourth-order valence-electron chi connectivity index (χ4n) is 2.72. The van der Waals surface area contributed by atoms with E-state index >= 15 is 0 Å². The highest BCUT2D eigenvalue weighted by atomic mass is 32.1. The molecule has 138 valence electrons. The first-order valence-corrected chi connectivity index (χ1v) is 9.28. The summed E-state index contributed by atoms with van der Waals surface area (Å²) in [6.07, 6.45) is 3.04. The summed E-state index contributed by atoms with van der Waals surface area (Å²) in [6.45, 7) is 0. The van der Waals surface area contributed by atoms with Gasteiger partial charge in [0.15, 0.2) is 0 Å². The lowest BCUT2D eigenvalue weighted by molar-refractivity contribution is -0.384. The number of hydrogen-bond acceptors (Lipinski definition) is 5. The summed E-state index contributed by atoms with van der Waals surface area (Å²) in [4.78, 5) is 22.8. The van der Waals surface area contributed by atoms with Crippen LogP contribution in [0.4, 0.5) is 11.4 Å². The number of nitrogens with one attached hydrogen (secondary N) is 1. The third-order valence-electron chi connectivity index (χ3n) is 4.14. The maximum Gasteiger partial charge on any atom is 0.269 e. The molecule has 2 aromatic carbocycles. The summed E-state index contributed by atoms with van der Waals surface area (Å²) in [5, 5.41) is 21.8. The smallest absolute Gasteiger partial charge is 0.269 e. The summed E-state index contributed by atoms with van der Waals surface area (Å²) in [7, 11) is 0. The van der Waals surface area contributed by atoms with Gasteiger partial charge in [0.05, 0.1) is 22.4 Å². The molecule has 0 saturated heterocycles. The number of carbonyl (C=O) groups is 1. The number of aromatic nitrogens is 2. The minimum atomic E-state index is -0.462. The Morgan fingerprint density at radius 3 is 2.64 bits per heavy atom. The van der Waals surface area contributed by atoms with Gasteiger partial charge in [-0.25, -0.2) is 4.68 Å². The molecule has 28 heavy (non-hydrogen) atoms. The third kappa shape index (κ3) is 3.67. The number of non-ortho nitro benzene ring substituents is 1.